The van der Waals surface area contributed by atoms with Gasteiger partial charge in [-0.05, 0) is 30.7 Å². The minimum absolute atomic E-state index is 0.122. The molecule has 0 unspecified atom stereocenters. The lowest BCUT2D eigenvalue weighted by atomic mass is 10.3. The van der Waals surface area contributed by atoms with Gasteiger partial charge in [0, 0.05) is 12.5 Å². The van der Waals surface area contributed by atoms with Crippen LogP contribution in [-0.4, -0.2) is 23.6 Å². The quantitative estimate of drug-likeness (QED) is 0.730. The molecule has 0 atom stereocenters. The van der Waals surface area contributed by atoms with E-state index in [9.17, 15) is 14.0 Å². The van der Waals surface area contributed by atoms with Crippen molar-refractivity contribution in [3.05, 3.63) is 53.7 Å². The highest BCUT2D eigenvalue weighted by Crippen LogP contribution is 2.12. The van der Waals surface area contributed by atoms with Gasteiger partial charge in [0.05, 0.1) is 13.2 Å². The molecule has 1 aromatic heterocycles. The fourth-order valence-corrected chi connectivity index (χ4v) is 1.84. The number of carbonyl (C=O) groups is 2. The molecule has 1 heterocycles. The summed E-state index contributed by atoms with van der Waals surface area (Å²) in [5.41, 5.74) is 0. The van der Waals surface area contributed by atoms with Gasteiger partial charge in [-0.15, -0.1) is 0 Å². The van der Waals surface area contributed by atoms with Crippen LogP contribution in [0.15, 0.2) is 40.8 Å². The van der Waals surface area contributed by atoms with E-state index < -0.39 is 5.97 Å². The zero-order chi connectivity index (χ0) is 16.7. The lowest BCUT2D eigenvalue weighted by molar-refractivity contribution is -0.121. The maximum absolute atomic E-state index is 12.9. The van der Waals surface area contributed by atoms with E-state index in [2.05, 4.69) is 5.32 Å². The summed E-state index contributed by atoms with van der Waals surface area (Å²) in [5.74, 6) is -1.12. The van der Waals surface area contributed by atoms with Crippen LogP contribution in [0.5, 0.6) is 5.75 Å². The monoisotopic (exact) mass is 321 g/mol. The van der Waals surface area contributed by atoms with E-state index in [1.54, 1.807) is 12.1 Å². The summed E-state index contributed by atoms with van der Waals surface area (Å²) in [6.45, 7) is 0.414. The second kappa shape index (κ2) is 7.98. The molecule has 0 saturated carbocycles. The van der Waals surface area contributed by atoms with Gasteiger partial charge in [-0.3, -0.25) is 4.79 Å². The van der Waals surface area contributed by atoms with Crippen molar-refractivity contribution < 1.29 is 28.2 Å². The van der Waals surface area contributed by atoms with Gasteiger partial charge in [0.2, 0.25) is 11.7 Å². The molecule has 0 aliphatic heterocycles. The second-order valence-electron chi connectivity index (χ2n) is 4.76. The number of nitrogens with one attached hydrogen (secondary N) is 1. The highest BCUT2D eigenvalue weighted by Gasteiger charge is 2.09. The van der Waals surface area contributed by atoms with Crippen molar-refractivity contribution in [3.63, 3.8) is 0 Å². The maximum atomic E-state index is 12.9. The molecule has 122 valence electrons. The number of ether oxygens (including phenoxy) is 1. The molecule has 6 nitrogen and oxygen atoms in total. The molecule has 7 heteroatoms. The lowest BCUT2D eigenvalue weighted by Gasteiger charge is -2.06. The fourth-order valence-electron chi connectivity index (χ4n) is 1.84. The molecule has 2 aromatic rings. The molecular weight excluding hydrogens is 305 g/mol. The van der Waals surface area contributed by atoms with Gasteiger partial charge in [-0.2, -0.15) is 0 Å². The van der Waals surface area contributed by atoms with Crippen molar-refractivity contribution in [2.24, 2.45) is 0 Å². The van der Waals surface area contributed by atoms with Crippen LogP contribution in [0.2, 0.25) is 0 Å². The molecule has 0 aliphatic rings. The van der Waals surface area contributed by atoms with Gasteiger partial charge in [-0.1, -0.05) is 6.07 Å². The standard InChI is InChI=1S/C16H16FNO5/c17-11-3-1-4-12(9-11)22-8-2-5-15(19)18-10-13-6-7-14(23-13)16(20)21/h1,3-4,6-7,9H,2,5,8,10H2,(H,18,19)(H,20,21). The maximum Gasteiger partial charge on any atom is 0.371 e. The lowest BCUT2D eigenvalue weighted by Crippen LogP contribution is -2.22. The summed E-state index contributed by atoms with van der Waals surface area (Å²) in [4.78, 5) is 22.3. The highest BCUT2D eigenvalue weighted by molar-refractivity contribution is 5.84. The molecule has 0 aliphatic carbocycles. The second-order valence-corrected chi connectivity index (χ2v) is 4.76. The van der Waals surface area contributed by atoms with Gasteiger partial charge < -0.3 is 19.6 Å². The van der Waals surface area contributed by atoms with Crippen molar-refractivity contribution in [2.75, 3.05) is 6.61 Å². The Hall–Kier alpha value is -2.83. The average Bonchev–Trinajstić information content (AvgIpc) is 2.99. The van der Waals surface area contributed by atoms with E-state index in [4.69, 9.17) is 14.3 Å². The number of benzene rings is 1. The van der Waals surface area contributed by atoms with E-state index >= 15 is 0 Å². The van der Waals surface area contributed by atoms with Gasteiger partial charge >= 0.3 is 5.97 Å². The van der Waals surface area contributed by atoms with E-state index in [0.29, 0.717) is 24.5 Å². The summed E-state index contributed by atoms with van der Waals surface area (Å²) < 4.78 is 23.3. The summed E-state index contributed by atoms with van der Waals surface area (Å²) in [6.07, 6.45) is 0.711. The molecular formula is C16H16FNO5. The Kier molecular flexibility index (Phi) is 5.74. The number of furan rings is 1. The van der Waals surface area contributed by atoms with Crippen molar-refractivity contribution in [3.8, 4) is 5.75 Å². The van der Waals surface area contributed by atoms with Crippen LogP contribution in [0.3, 0.4) is 0 Å². The molecule has 1 amide bonds. The number of carbonyl (C=O) groups excluding carboxylic acids is 1. The predicted molar refractivity (Wildman–Crippen MR) is 78.6 cm³/mol. The Bertz CT molecular complexity index is 683. The van der Waals surface area contributed by atoms with E-state index in [1.165, 1.54) is 24.3 Å². The zero-order valence-electron chi connectivity index (χ0n) is 12.3. The molecule has 2 rings (SSSR count). The molecule has 2 N–H and O–H groups in total. The molecule has 23 heavy (non-hydrogen) atoms. The third-order valence-electron chi connectivity index (χ3n) is 2.95. The first-order valence-electron chi connectivity index (χ1n) is 7.01. The van der Waals surface area contributed by atoms with Crippen molar-refractivity contribution >= 4 is 11.9 Å². The van der Waals surface area contributed by atoms with Crippen molar-refractivity contribution in [1.29, 1.82) is 0 Å². The average molecular weight is 321 g/mol. The molecule has 1 aromatic carbocycles. The zero-order valence-corrected chi connectivity index (χ0v) is 12.3. The van der Waals surface area contributed by atoms with Crippen LogP contribution in [0, 0.1) is 5.82 Å². The molecule has 0 fully saturated rings. The van der Waals surface area contributed by atoms with Crippen molar-refractivity contribution in [1.82, 2.24) is 5.32 Å². The number of carboxylic acid groups (broad SMARTS) is 1. The molecule has 0 radical (unpaired) electrons. The number of amides is 1. The van der Waals surface area contributed by atoms with E-state index in [-0.39, 0.29) is 30.5 Å². The first kappa shape index (κ1) is 16.5. The first-order valence-corrected chi connectivity index (χ1v) is 7.01. The minimum atomic E-state index is -1.16. The van der Waals surface area contributed by atoms with Crippen LogP contribution < -0.4 is 10.1 Å². The molecule has 0 spiro atoms. The SMILES string of the molecule is O=C(CCCOc1cccc(F)c1)NCc1ccc(C(=O)O)o1. The van der Waals surface area contributed by atoms with Gasteiger partial charge in [-0.25, -0.2) is 9.18 Å². The fraction of sp³-hybridized carbons (Fsp3) is 0.250. The largest absolute Gasteiger partial charge is 0.493 e. The van der Waals surface area contributed by atoms with Gasteiger partial charge in [0.15, 0.2) is 0 Å². The van der Waals surface area contributed by atoms with Gasteiger partial charge in [0.25, 0.3) is 0 Å². The predicted octanol–water partition coefficient (Wildman–Crippen LogP) is 2.59. The summed E-state index contributed by atoms with van der Waals surface area (Å²) >= 11 is 0. The minimum Gasteiger partial charge on any atom is -0.493 e. The van der Waals surface area contributed by atoms with Gasteiger partial charge in [0.1, 0.15) is 17.3 Å². The highest BCUT2D eigenvalue weighted by atomic mass is 19.1. The smallest absolute Gasteiger partial charge is 0.371 e. The summed E-state index contributed by atoms with van der Waals surface area (Å²) in [6, 6.07) is 8.61. The Morgan fingerprint density at radius 2 is 2.09 bits per heavy atom. The topological polar surface area (TPSA) is 88.8 Å². The number of hydrogen-bond acceptors (Lipinski definition) is 4. The Balaban J connectivity index is 1.64. The Labute approximate surface area is 131 Å². The summed E-state index contributed by atoms with van der Waals surface area (Å²) in [7, 11) is 0. The normalized spacial score (nSPS) is 10.3. The van der Waals surface area contributed by atoms with Crippen LogP contribution in [0.1, 0.15) is 29.2 Å². The molecule has 0 bridgehead atoms. The first-order chi connectivity index (χ1) is 11.0. The Morgan fingerprint density at radius 1 is 1.26 bits per heavy atom. The van der Waals surface area contributed by atoms with Crippen LogP contribution in [-0.2, 0) is 11.3 Å². The number of aromatic carboxylic acids is 1. The van der Waals surface area contributed by atoms with Crippen LogP contribution in [0.25, 0.3) is 0 Å². The number of carboxylic acids is 1. The van der Waals surface area contributed by atoms with Crippen LogP contribution in [0.4, 0.5) is 4.39 Å². The van der Waals surface area contributed by atoms with E-state index in [1.807, 2.05) is 0 Å². The van der Waals surface area contributed by atoms with Crippen molar-refractivity contribution in [2.45, 2.75) is 19.4 Å². The third-order valence-corrected chi connectivity index (χ3v) is 2.95. The molecule has 0 saturated heterocycles. The van der Waals surface area contributed by atoms with Crippen LogP contribution >= 0.6 is 0 Å². The summed E-state index contributed by atoms with van der Waals surface area (Å²) in [5, 5.41) is 11.3. The number of hydrogen-bond donors (Lipinski definition) is 2. The van der Waals surface area contributed by atoms with E-state index in [0.717, 1.165) is 0 Å². The number of halogens is 1. The Morgan fingerprint density at radius 3 is 2.78 bits per heavy atom. The third kappa shape index (κ3) is 5.46. The number of rotatable bonds is 8.